The van der Waals surface area contributed by atoms with Gasteiger partial charge >= 0.3 is 0 Å². The maximum absolute atomic E-state index is 15.7. The van der Waals surface area contributed by atoms with E-state index in [1.54, 1.807) is 22.7 Å². The van der Waals surface area contributed by atoms with Gasteiger partial charge in [0.2, 0.25) is 0 Å². The quantitative estimate of drug-likeness (QED) is 0.0362. The van der Waals surface area contributed by atoms with Crippen molar-refractivity contribution in [3.8, 4) is 20.9 Å². The highest BCUT2D eigenvalue weighted by atomic mass is 32.1. The predicted octanol–water partition coefficient (Wildman–Crippen LogP) is 21.6. The molecular weight excluding hydrogens is 941 g/mol. The number of hydrogen-bond donors (Lipinski definition) is 0. The van der Waals surface area contributed by atoms with Crippen molar-refractivity contribution in [3.05, 3.63) is 103 Å². The highest BCUT2D eigenvalue weighted by molar-refractivity contribution is 7.14. The van der Waals surface area contributed by atoms with Crippen molar-refractivity contribution in [1.82, 2.24) is 8.80 Å². The Morgan fingerprint density at radius 1 is 0.392 bits per heavy atom. The summed E-state index contributed by atoms with van der Waals surface area (Å²) in [6.45, 7) is 9.21. The van der Waals surface area contributed by atoms with Gasteiger partial charge < -0.3 is 0 Å². The number of rotatable bonds is 38. The van der Waals surface area contributed by atoms with Crippen molar-refractivity contribution >= 4 is 66.3 Å². The molecule has 2 aromatic carbocycles. The lowest BCUT2D eigenvalue weighted by molar-refractivity contribution is 0.400. The molecule has 0 fully saturated rings. The first-order valence-electron chi connectivity index (χ1n) is 30.8. The van der Waals surface area contributed by atoms with Gasteiger partial charge in [-0.3, -0.25) is 18.4 Å². The summed E-state index contributed by atoms with van der Waals surface area (Å²) in [6.07, 6.45) is 44.9. The second-order valence-corrected chi connectivity index (χ2v) is 24.8. The number of aromatic nitrogens is 2. The van der Waals surface area contributed by atoms with Gasteiger partial charge in [-0.2, -0.15) is 0 Å². The van der Waals surface area contributed by atoms with Crippen molar-refractivity contribution < 1.29 is 0 Å². The number of unbranched alkanes of at least 4 members (excludes halogenated alkanes) is 24. The van der Waals surface area contributed by atoms with Gasteiger partial charge in [0.1, 0.15) is 0 Å². The number of thiophene rings is 2. The van der Waals surface area contributed by atoms with Crippen molar-refractivity contribution in [3.63, 3.8) is 0 Å². The third-order valence-corrected chi connectivity index (χ3v) is 19.0. The highest BCUT2D eigenvalue weighted by Crippen LogP contribution is 2.45. The van der Waals surface area contributed by atoms with Gasteiger partial charge in [-0.1, -0.05) is 270 Å². The maximum atomic E-state index is 15.7. The van der Waals surface area contributed by atoms with E-state index in [4.69, 9.17) is 0 Å². The lowest BCUT2D eigenvalue weighted by Gasteiger charge is -2.16. The van der Waals surface area contributed by atoms with Crippen LogP contribution in [0.25, 0.3) is 64.5 Å². The molecule has 0 spiro atoms. The lowest BCUT2D eigenvalue weighted by Crippen LogP contribution is -2.19. The minimum atomic E-state index is 0.0212. The Kier molecular flexibility index (Phi) is 22.4. The van der Waals surface area contributed by atoms with Crippen LogP contribution in [-0.4, -0.2) is 8.80 Å². The van der Waals surface area contributed by atoms with Gasteiger partial charge in [0.25, 0.3) is 11.1 Å². The summed E-state index contributed by atoms with van der Waals surface area (Å²) in [7, 11) is 0. The van der Waals surface area contributed by atoms with Gasteiger partial charge in [0.15, 0.2) is 0 Å². The Balaban J connectivity index is 1.11. The average molecular weight is 1040 g/mol. The van der Waals surface area contributed by atoms with Gasteiger partial charge in [0, 0.05) is 31.3 Å². The zero-order valence-electron chi connectivity index (χ0n) is 46.7. The molecule has 2 unspecified atom stereocenters. The molecule has 0 aliphatic heterocycles. The molecule has 0 saturated heterocycles. The fraction of sp³-hybridized carbons (Fsp3) is 0.588. The Morgan fingerprint density at radius 3 is 1.01 bits per heavy atom. The first-order chi connectivity index (χ1) is 36.5. The molecular formula is C68H94N2O2S2. The second-order valence-electron chi connectivity index (χ2n) is 22.9. The smallest absolute Gasteiger partial charge is 0.265 e. The Morgan fingerprint density at radius 2 is 0.689 bits per heavy atom. The topological polar surface area (TPSA) is 43.0 Å². The van der Waals surface area contributed by atoms with Crippen LogP contribution >= 0.6 is 22.7 Å². The summed E-state index contributed by atoms with van der Waals surface area (Å²) in [4.78, 5) is 33.4. The number of pyridine rings is 2. The molecule has 0 saturated carbocycles. The van der Waals surface area contributed by atoms with E-state index in [-0.39, 0.29) is 11.1 Å². The molecule has 0 radical (unpaired) electrons. The van der Waals surface area contributed by atoms with Crippen LogP contribution in [0, 0.1) is 11.8 Å². The van der Waals surface area contributed by atoms with Crippen LogP contribution < -0.4 is 11.1 Å². The fourth-order valence-corrected chi connectivity index (χ4v) is 14.8. The summed E-state index contributed by atoms with van der Waals surface area (Å²) in [5, 5.41) is 8.51. The van der Waals surface area contributed by atoms with E-state index in [2.05, 4.69) is 99.1 Å². The molecule has 0 bridgehead atoms. The molecule has 8 aromatic rings. The van der Waals surface area contributed by atoms with Gasteiger partial charge in [0.05, 0.1) is 33.2 Å². The Bertz CT molecular complexity index is 2800. The maximum Gasteiger partial charge on any atom is 0.265 e. The van der Waals surface area contributed by atoms with Crippen LogP contribution in [0.4, 0.5) is 0 Å². The molecule has 8 rings (SSSR count). The molecule has 0 aliphatic carbocycles. The number of nitrogens with zero attached hydrogens (tertiary/aromatic N) is 2. The predicted molar refractivity (Wildman–Crippen MR) is 327 cm³/mol. The third kappa shape index (κ3) is 13.9. The van der Waals surface area contributed by atoms with Gasteiger partial charge in [-0.05, 0) is 70.8 Å². The van der Waals surface area contributed by atoms with Crippen LogP contribution in [0.1, 0.15) is 244 Å². The number of hydrogen-bond acceptors (Lipinski definition) is 4. The number of para-hydroxylation sites is 2. The molecule has 400 valence electrons. The molecule has 2 atom stereocenters. The molecule has 6 heteroatoms. The molecule has 0 aliphatic rings. The molecule has 6 aromatic heterocycles. The van der Waals surface area contributed by atoms with E-state index in [0.717, 1.165) is 77.3 Å². The minimum Gasteiger partial charge on any atom is -0.273 e. The zero-order valence-corrected chi connectivity index (χ0v) is 48.3. The van der Waals surface area contributed by atoms with Crippen LogP contribution in [0.5, 0.6) is 0 Å². The monoisotopic (exact) mass is 1030 g/mol. The molecule has 4 nitrogen and oxygen atoms in total. The summed E-state index contributed by atoms with van der Waals surface area (Å²) in [5.74, 6) is 1.32. The van der Waals surface area contributed by atoms with E-state index in [9.17, 15) is 0 Å². The normalized spacial score (nSPS) is 13.1. The lowest BCUT2D eigenvalue weighted by atomic mass is 9.89. The van der Waals surface area contributed by atoms with E-state index in [1.165, 1.54) is 217 Å². The largest absolute Gasteiger partial charge is 0.273 e. The molecule has 74 heavy (non-hydrogen) atoms. The van der Waals surface area contributed by atoms with Crippen LogP contribution in [0.2, 0.25) is 0 Å². The first-order valence-corrected chi connectivity index (χ1v) is 32.5. The SMILES string of the molecule is CCCCCCCCCCC(CCCCCCCC)Cc1csc(-c2c(=O)n3c4ccccc4c4c(-c5cc(CC(CCCCCCCC)CCCCCCCCCC)cs5)c(=O)n5c6ccccc6c2c5c43)c1. The third-order valence-electron chi connectivity index (χ3n) is 17.0. The van der Waals surface area contributed by atoms with E-state index >= 15 is 9.59 Å². The van der Waals surface area contributed by atoms with Crippen LogP contribution in [0.15, 0.2) is 81.0 Å². The van der Waals surface area contributed by atoms with E-state index in [0.29, 0.717) is 11.8 Å². The summed E-state index contributed by atoms with van der Waals surface area (Å²) in [6, 6.07) is 21.4. The van der Waals surface area contributed by atoms with Crippen molar-refractivity contribution in [1.29, 1.82) is 0 Å². The molecule has 0 amide bonds. The van der Waals surface area contributed by atoms with Crippen molar-refractivity contribution in [2.75, 3.05) is 0 Å². The standard InChI is InChI=1S/C68H94N2O2S2/c1-5-9-13-17-21-23-27-31-39-51(37-29-25-19-15-11-7-3)45-53-47-59(73-49-53)63-61-55-41-33-35-43-57(55)70-65(61)66-62(56-42-34-36-44-58(56)69(66)67(63)71)64(68(70)72)60-48-54(50-74-60)46-52(38-30-26-20-16-12-8-4)40-32-28-24-22-18-14-10-6-2/h33-36,41-44,47-52H,5-32,37-40,45-46H2,1-4H3. The van der Waals surface area contributed by atoms with E-state index in [1.807, 2.05) is 8.80 Å². The molecule has 0 N–H and O–H groups in total. The highest BCUT2D eigenvalue weighted by Gasteiger charge is 2.30. The van der Waals surface area contributed by atoms with Gasteiger partial charge in [-0.25, -0.2) is 0 Å². The van der Waals surface area contributed by atoms with Crippen molar-refractivity contribution in [2.24, 2.45) is 11.8 Å². The number of fused-ring (bicyclic) bond motifs is 6. The second kappa shape index (κ2) is 29.5. The summed E-state index contributed by atoms with van der Waals surface area (Å²) < 4.78 is 3.98. The fourth-order valence-electron chi connectivity index (χ4n) is 12.9. The summed E-state index contributed by atoms with van der Waals surface area (Å²) >= 11 is 3.45. The van der Waals surface area contributed by atoms with Crippen molar-refractivity contribution in [2.45, 2.75) is 246 Å². The van der Waals surface area contributed by atoms with Crippen LogP contribution in [-0.2, 0) is 12.8 Å². The average Bonchev–Trinajstić information content (AvgIpc) is 4.24. The molecule has 6 heterocycles. The number of benzene rings is 2. The zero-order chi connectivity index (χ0) is 51.5. The Hall–Kier alpha value is -4.00. The minimum absolute atomic E-state index is 0.0212. The van der Waals surface area contributed by atoms with Crippen LogP contribution in [0.3, 0.4) is 0 Å². The van der Waals surface area contributed by atoms with E-state index < -0.39 is 0 Å². The first kappa shape index (κ1) is 56.2. The Labute approximate surface area is 454 Å². The van der Waals surface area contributed by atoms with Gasteiger partial charge in [-0.15, -0.1) is 22.7 Å². The summed E-state index contributed by atoms with van der Waals surface area (Å²) in [5.41, 5.74) is 7.77.